The van der Waals surface area contributed by atoms with Crippen molar-refractivity contribution in [3.05, 3.63) is 0 Å². The molecule has 7 heavy (non-hydrogen) atoms. The molecule has 0 unspecified atom stereocenters. The van der Waals surface area contributed by atoms with Gasteiger partial charge in [0.1, 0.15) is 0 Å². The maximum atomic E-state index is 8.52. The molecule has 0 saturated heterocycles. The summed E-state index contributed by atoms with van der Waals surface area (Å²) in [6.45, 7) is 0. The van der Waals surface area contributed by atoms with E-state index in [0.29, 0.717) is 0 Å². The zero-order valence-corrected chi connectivity index (χ0v) is 6.80. The summed E-state index contributed by atoms with van der Waals surface area (Å²) in [6, 6.07) is 0. The summed E-state index contributed by atoms with van der Waals surface area (Å²) in [5.41, 5.74) is 0. The maximum absolute atomic E-state index is 8.52. The minimum atomic E-state index is -5.17. The van der Waals surface area contributed by atoms with Crippen molar-refractivity contribution < 1.29 is 56.5 Å². The van der Waals surface area contributed by atoms with Crippen LogP contribution in [0.2, 0.25) is 0 Å². The molecule has 50 valence electrons. The number of hydrogen-bond donors (Lipinski definition) is 0. The average molecular weight is 302 g/mol. The van der Waals surface area contributed by atoms with Gasteiger partial charge < -0.3 is 9.11 Å². The molecule has 0 amide bonds. The summed E-state index contributed by atoms with van der Waals surface area (Å²) in [7, 11) is -5.17. The fourth-order valence-corrected chi connectivity index (χ4v) is 0. The fourth-order valence-electron chi connectivity index (χ4n) is 0. The molecule has 0 bridgehead atoms. The first kappa shape index (κ1) is 15.7. The normalized spacial score (nSPS) is 8.29. The van der Waals surface area contributed by atoms with E-state index in [1.807, 2.05) is 0 Å². The third kappa shape index (κ3) is 149. The van der Waals surface area contributed by atoms with Crippen LogP contribution >= 0.6 is 0 Å². The van der Waals surface area contributed by atoms with Crippen LogP contribution in [0, 0.1) is 0 Å². The summed E-state index contributed by atoms with van der Waals surface area (Å²) < 4.78 is 34.1. The van der Waals surface area contributed by atoms with Gasteiger partial charge in [-0.2, -0.15) is 0 Å². The van der Waals surface area contributed by atoms with Crippen LogP contribution in [0.5, 0.6) is 0 Å². The Morgan fingerprint density at radius 3 is 1.00 bits per heavy atom. The van der Waals surface area contributed by atoms with Crippen LogP contribution in [0.1, 0.15) is 0 Å². The standard InChI is InChI=1S/H2O4S.2Rh/c1-5(2,3)4;;/h(H2,1,2,3,4);;/p-2. The Hall–Kier alpha value is 1.12. The second-order valence-electron chi connectivity index (χ2n) is 0.408. The molecule has 0 aromatic rings. The zero-order valence-electron chi connectivity index (χ0n) is 2.71. The van der Waals surface area contributed by atoms with Crippen LogP contribution in [0.4, 0.5) is 0 Å². The van der Waals surface area contributed by atoms with Gasteiger partial charge in [0.2, 0.25) is 0 Å². The van der Waals surface area contributed by atoms with E-state index in [4.69, 9.17) is 17.5 Å². The largest absolute Gasteiger partial charge is 0.759 e. The van der Waals surface area contributed by atoms with Crippen molar-refractivity contribution in [1.82, 2.24) is 0 Å². The monoisotopic (exact) mass is 302 g/mol. The van der Waals surface area contributed by atoms with E-state index >= 15 is 0 Å². The first-order valence-electron chi connectivity index (χ1n) is 0.667. The molecule has 7 heteroatoms. The molecule has 2 radical (unpaired) electrons. The summed E-state index contributed by atoms with van der Waals surface area (Å²) in [5, 5.41) is 0. The van der Waals surface area contributed by atoms with Crippen molar-refractivity contribution in [3.8, 4) is 0 Å². The molecule has 0 aromatic carbocycles. The summed E-state index contributed by atoms with van der Waals surface area (Å²) >= 11 is 0. The van der Waals surface area contributed by atoms with Crippen molar-refractivity contribution in [3.63, 3.8) is 0 Å². The van der Waals surface area contributed by atoms with E-state index in [9.17, 15) is 0 Å². The molecule has 4 nitrogen and oxygen atoms in total. The van der Waals surface area contributed by atoms with Crippen LogP contribution in [-0.2, 0) is 49.4 Å². The van der Waals surface area contributed by atoms with E-state index in [1.165, 1.54) is 0 Å². The molecule has 0 rings (SSSR count). The SMILES string of the molecule is O=S(=O)([O-])[O-].[Rh].[Rh]. The van der Waals surface area contributed by atoms with Gasteiger partial charge in [-0.05, 0) is 0 Å². The maximum Gasteiger partial charge on any atom is 0.0311 e. The van der Waals surface area contributed by atoms with Gasteiger partial charge in [0.25, 0.3) is 0 Å². The minimum absolute atomic E-state index is 0. The second kappa shape index (κ2) is 5.26. The molecule has 0 atom stereocenters. The predicted molar refractivity (Wildman–Crippen MR) is 10.5 cm³/mol. The van der Waals surface area contributed by atoms with Gasteiger partial charge in [-0.25, -0.2) is 0 Å². The first-order chi connectivity index (χ1) is 2.00. The second-order valence-corrected chi connectivity index (χ2v) is 1.22. The van der Waals surface area contributed by atoms with E-state index in [2.05, 4.69) is 0 Å². The molecule has 0 saturated carbocycles. The zero-order chi connectivity index (χ0) is 4.50. The Balaban J connectivity index is -0.0000000800. The van der Waals surface area contributed by atoms with Gasteiger partial charge in [0.05, 0.1) is 0 Å². The van der Waals surface area contributed by atoms with Gasteiger partial charge in [-0.3, -0.25) is 8.42 Å². The van der Waals surface area contributed by atoms with Crippen LogP contribution in [0.3, 0.4) is 0 Å². The predicted octanol–water partition coefficient (Wildman–Crippen LogP) is -1.34. The molecule has 0 N–H and O–H groups in total. The Bertz CT molecular complexity index is 92.9. The van der Waals surface area contributed by atoms with Gasteiger partial charge in [0, 0.05) is 49.4 Å². The van der Waals surface area contributed by atoms with Gasteiger partial charge >= 0.3 is 0 Å². The van der Waals surface area contributed by atoms with Crippen molar-refractivity contribution >= 4 is 10.4 Å². The fraction of sp³-hybridized carbons (Fsp3) is 0. The summed E-state index contributed by atoms with van der Waals surface area (Å²) in [5.74, 6) is 0. The van der Waals surface area contributed by atoms with Crippen LogP contribution in [0.25, 0.3) is 0 Å². The van der Waals surface area contributed by atoms with E-state index in [-0.39, 0.29) is 39.0 Å². The molecule has 0 aliphatic heterocycles. The topological polar surface area (TPSA) is 80.3 Å². The van der Waals surface area contributed by atoms with E-state index in [1.54, 1.807) is 0 Å². The Kier molecular flexibility index (Phi) is 11.8. The Morgan fingerprint density at radius 1 is 1.00 bits per heavy atom. The van der Waals surface area contributed by atoms with Crippen molar-refractivity contribution in [2.75, 3.05) is 0 Å². The quantitative estimate of drug-likeness (QED) is 0.315. The number of rotatable bonds is 0. The molecule has 0 heterocycles. The van der Waals surface area contributed by atoms with Crippen LogP contribution in [-0.4, -0.2) is 17.5 Å². The smallest absolute Gasteiger partial charge is 0.0311 e. The van der Waals surface area contributed by atoms with Crippen molar-refractivity contribution in [1.29, 1.82) is 0 Å². The Labute approximate surface area is 66.8 Å². The van der Waals surface area contributed by atoms with Crippen LogP contribution in [0.15, 0.2) is 0 Å². The van der Waals surface area contributed by atoms with Crippen LogP contribution < -0.4 is 0 Å². The average Bonchev–Trinajstić information content (AvgIpc) is 0.722. The third-order valence-electron chi connectivity index (χ3n) is 0. The van der Waals surface area contributed by atoms with Crippen molar-refractivity contribution in [2.45, 2.75) is 0 Å². The summed E-state index contributed by atoms with van der Waals surface area (Å²) in [6.07, 6.45) is 0. The third-order valence-corrected chi connectivity index (χ3v) is 0. The molecule has 0 aliphatic rings. The molecule has 0 aliphatic carbocycles. The molecule has 0 fully saturated rings. The number of hydrogen-bond acceptors (Lipinski definition) is 4. The van der Waals surface area contributed by atoms with Crippen molar-refractivity contribution in [2.24, 2.45) is 0 Å². The first-order valence-corrected chi connectivity index (χ1v) is 2.00. The molecule has 0 spiro atoms. The molecular weight excluding hydrogens is 302 g/mol. The van der Waals surface area contributed by atoms with E-state index in [0.717, 1.165) is 0 Å². The molecule has 0 aromatic heterocycles. The minimum Gasteiger partial charge on any atom is -0.759 e. The van der Waals surface area contributed by atoms with E-state index < -0.39 is 10.4 Å². The van der Waals surface area contributed by atoms with Gasteiger partial charge in [-0.15, -0.1) is 0 Å². The summed E-state index contributed by atoms with van der Waals surface area (Å²) in [4.78, 5) is 0. The Morgan fingerprint density at radius 2 is 1.00 bits per heavy atom. The van der Waals surface area contributed by atoms with Gasteiger partial charge in [0.15, 0.2) is 0 Å². The molecular formula is O4Rh2S-2. The van der Waals surface area contributed by atoms with Gasteiger partial charge in [-0.1, -0.05) is 0 Å².